The number of aromatic nitrogens is 2. The average molecular weight is 383 g/mol. The highest BCUT2D eigenvalue weighted by molar-refractivity contribution is 5.80. The summed E-state index contributed by atoms with van der Waals surface area (Å²) in [5, 5.41) is 2.98. The third kappa shape index (κ3) is 4.09. The van der Waals surface area contributed by atoms with Crippen molar-refractivity contribution in [2.24, 2.45) is 0 Å². The van der Waals surface area contributed by atoms with Gasteiger partial charge in [-0.1, -0.05) is 66.7 Å². The number of hydrogen-bond donors (Lipinski definition) is 1. The summed E-state index contributed by atoms with van der Waals surface area (Å²) in [6.45, 7) is 1.89. The molecule has 0 saturated heterocycles. The zero-order valence-corrected chi connectivity index (χ0v) is 16.1. The maximum Gasteiger partial charge on any atom is 0.269 e. The first kappa shape index (κ1) is 18.6. The minimum atomic E-state index is -0.293. The Balaban J connectivity index is 1.48. The molecule has 0 aliphatic carbocycles. The lowest BCUT2D eigenvalue weighted by atomic mass is 10.0. The largest absolute Gasteiger partial charge is 0.348 e. The molecular weight excluding hydrogens is 362 g/mol. The summed E-state index contributed by atoms with van der Waals surface area (Å²) in [6.07, 6.45) is 1.25. The maximum atomic E-state index is 12.6. The van der Waals surface area contributed by atoms with Crippen LogP contribution < -0.4 is 10.9 Å². The fraction of sp³-hybridized carbons (Fsp3) is 0.125. The van der Waals surface area contributed by atoms with Crippen molar-refractivity contribution in [1.29, 1.82) is 0 Å². The molecule has 4 rings (SSSR count). The van der Waals surface area contributed by atoms with Crippen molar-refractivity contribution < 1.29 is 4.79 Å². The number of carbonyl (C=O) groups excluding carboxylic acids is 1. The van der Waals surface area contributed by atoms with E-state index in [1.807, 2.05) is 67.6 Å². The van der Waals surface area contributed by atoms with Crippen LogP contribution in [0.3, 0.4) is 0 Å². The van der Waals surface area contributed by atoms with Crippen molar-refractivity contribution in [3.8, 4) is 11.1 Å². The van der Waals surface area contributed by atoms with Crippen molar-refractivity contribution in [2.45, 2.75) is 19.5 Å². The third-order valence-electron chi connectivity index (χ3n) is 4.95. The van der Waals surface area contributed by atoms with E-state index in [1.165, 1.54) is 10.8 Å². The molecule has 0 spiro atoms. The lowest BCUT2D eigenvalue weighted by Crippen LogP contribution is -2.34. The van der Waals surface area contributed by atoms with Crippen LogP contribution in [0, 0.1) is 0 Å². The Labute approximate surface area is 168 Å². The second-order valence-corrected chi connectivity index (χ2v) is 6.95. The molecule has 29 heavy (non-hydrogen) atoms. The minimum Gasteiger partial charge on any atom is -0.348 e. The number of nitrogens with one attached hydrogen (secondary N) is 1. The molecule has 0 bridgehead atoms. The van der Waals surface area contributed by atoms with Crippen molar-refractivity contribution >= 4 is 16.9 Å². The number of benzene rings is 3. The van der Waals surface area contributed by atoms with Crippen LogP contribution in [0.5, 0.6) is 0 Å². The second kappa shape index (κ2) is 8.10. The van der Waals surface area contributed by atoms with E-state index in [-0.39, 0.29) is 24.1 Å². The quantitative estimate of drug-likeness (QED) is 0.568. The highest BCUT2D eigenvalue weighted by Gasteiger charge is 2.13. The summed E-state index contributed by atoms with van der Waals surface area (Å²) in [6, 6.07) is 25.4. The zero-order valence-electron chi connectivity index (χ0n) is 16.1. The van der Waals surface area contributed by atoms with Crippen molar-refractivity contribution in [1.82, 2.24) is 14.9 Å². The van der Waals surface area contributed by atoms with Gasteiger partial charge in [0.2, 0.25) is 5.91 Å². The molecule has 5 heteroatoms. The molecule has 1 amide bonds. The normalized spacial score (nSPS) is 11.9. The summed E-state index contributed by atoms with van der Waals surface area (Å²) in [4.78, 5) is 28.9. The lowest BCUT2D eigenvalue weighted by Gasteiger charge is -2.16. The average Bonchev–Trinajstić information content (AvgIpc) is 2.76. The van der Waals surface area contributed by atoms with Crippen LogP contribution in [0.1, 0.15) is 18.5 Å². The fourth-order valence-corrected chi connectivity index (χ4v) is 3.39. The first-order valence-corrected chi connectivity index (χ1v) is 9.51. The third-order valence-corrected chi connectivity index (χ3v) is 4.95. The van der Waals surface area contributed by atoms with Crippen LogP contribution in [0.2, 0.25) is 0 Å². The molecule has 1 heterocycles. The summed E-state index contributed by atoms with van der Waals surface area (Å²) < 4.78 is 1.45. The van der Waals surface area contributed by atoms with Gasteiger partial charge >= 0.3 is 0 Å². The van der Waals surface area contributed by atoms with Gasteiger partial charge in [0.05, 0.1) is 23.3 Å². The predicted molar refractivity (Wildman–Crippen MR) is 114 cm³/mol. The van der Waals surface area contributed by atoms with Crippen LogP contribution >= 0.6 is 0 Å². The van der Waals surface area contributed by atoms with E-state index in [2.05, 4.69) is 22.4 Å². The first-order valence-electron chi connectivity index (χ1n) is 9.51. The van der Waals surface area contributed by atoms with Crippen LogP contribution in [0.25, 0.3) is 22.2 Å². The van der Waals surface area contributed by atoms with Crippen LogP contribution in [-0.2, 0) is 11.3 Å². The lowest BCUT2D eigenvalue weighted by molar-refractivity contribution is -0.122. The molecule has 0 unspecified atom stereocenters. The van der Waals surface area contributed by atoms with E-state index >= 15 is 0 Å². The fourth-order valence-electron chi connectivity index (χ4n) is 3.39. The number of nitrogens with zero attached hydrogens (tertiary/aromatic N) is 2. The Morgan fingerprint density at radius 3 is 2.34 bits per heavy atom. The molecule has 0 radical (unpaired) electrons. The van der Waals surface area contributed by atoms with E-state index in [4.69, 9.17) is 0 Å². The van der Waals surface area contributed by atoms with Gasteiger partial charge in [-0.25, -0.2) is 4.98 Å². The molecule has 4 aromatic rings. The number of amides is 1. The van der Waals surface area contributed by atoms with Crippen molar-refractivity contribution in [3.63, 3.8) is 0 Å². The molecule has 0 aliphatic heterocycles. The van der Waals surface area contributed by atoms with Gasteiger partial charge in [-0.15, -0.1) is 0 Å². The highest BCUT2D eigenvalue weighted by atomic mass is 16.2. The second-order valence-electron chi connectivity index (χ2n) is 6.95. The molecule has 1 aromatic heterocycles. The number of hydrogen-bond acceptors (Lipinski definition) is 3. The molecule has 0 saturated carbocycles. The molecule has 0 aliphatic rings. The molecule has 1 atom stereocenters. The SMILES string of the molecule is C[C@@H](NC(=O)Cn1c(=O)cnc2ccccc21)c1ccc(-c2ccccc2)cc1. The van der Waals surface area contributed by atoms with Gasteiger partial charge in [0.25, 0.3) is 5.56 Å². The first-order chi connectivity index (χ1) is 14.1. The highest BCUT2D eigenvalue weighted by Crippen LogP contribution is 2.21. The topological polar surface area (TPSA) is 64.0 Å². The Morgan fingerprint density at radius 1 is 0.931 bits per heavy atom. The van der Waals surface area contributed by atoms with Gasteiger partial charge in [-0.3, -0.25) is 14.2 Å². The Hall–Kier alpha value is -3.73. The monoisotopic (exact) mass is 383 g/mol. The predicted octanol–water partition coefficient (Wildman–Crippen LogP) is 3.94. The van der Waals surface area contributed by atoms with Crippen molar-refractivity contribution in [3.05, 3.63) is 101 Å². The van der Waals surface area contributed by atoms with Gasteiger partial charge in [0.1, 0.15) is 6.54 Å². The summed E-state index contributed by atoms with van der Waals surface area (Å²) >= 11 is 0. The number of carbonyl (C=O) groups is 1. The molecule has 3 aromatic carbocycles. The number of fused-ring (bicyclic) bond motifs is 1. The van der Waals surface area contributed by atoms with Crippen molar-refractivity contribution in [2.75, 3.05) is 0 Å². The molecule has 144 valence electrons. The summed E-state index contributed by atoms with van der Waals surface area (Å²) in [7, 11) is 0. The van der Waals surface area contributed by atoms with Crippen LogP contribution in [-0.4, -0.2) is 15.5 Å². The Kier molecular flexibility index (Phi) is 5.20. The maximum absolute atomic E-state index is 12.6. The molecular formula is C24H21N3O2. The van der Waals surface area contributed by atoms with E-state index in [1.54, 1.807) is 6.07 Å². The van der Waals surface area contributed by atoms with E-state index < -0.39 is 0 Å². The molecule has 1 N–H and O–H groups in total. The van der Waals surface area contributed by atoms with Gasteiger partial charge in [0.15, 0.2) is 0 Å². The van der Waals surface area contributed by atoms with E-state index in [0.29, 0.717) is 11.0 Å². The smallest absolute Gasteiger partial charge is 0.269 e. The van der Waals surface area contributed by atoms with Crippen LogP contribution in [0.15, 0.2) is 89.9 Å². The minimum absolute atomic E-state index is 0.0473. The van der Waals surface area contributed by atoms with Gasteiger partial charge in [-0.2, -0.15) is 0 Å². The molecule has 5 nitrogen and oxygen atoms in total. The van der Waals surface area contributed by atoms with Crippen LogP contribution in [0.4, 0.5) is 0 Å². The zero-order chi connectivity index (χ0) is 20.2. The van der Waals surface area contributed by atoms with Gasteiger partial charge in [-0.05, 0) is 35.7 Å². The van der Waals surface area contributed by atoms with Gasteiger partial charge < -0.3 is 5.32 Å². The standard InChI is InChI=1S/C24H21N3O2/c1-17(18-11-13-20(14-12-18)19-7-3-2-4-8-19)26-23(28)16-27-22-10-6-5-9-21(22)25-15-24(27)29/h2-15,17H,16H2,1H3,(H,26,28)/t17-/m1/s1. The summed E-state index contributed by atoms with van der Waals surface area (Å²) in [5.74, 6) is -0.219. The Morgan fingerprint density at radius 2 is 1.59 bits per heavy atom. The molecule has 0 fully saturated rings. The number of para-hydroxylation sites is 2. The van der Waals surface area contributed by atoms with Gasteiger partial charge in [0, 0.05) is 0 Å². The van der Waals surface area contributed by atoms with E-state index in [0.717, 1.165) is 16.7 Å². The number of rotatable bonds is 5. The summed E-state index contributed by atoms with van der Waals surface area (Å²) in [5.41, 5.74) is 4.32. The van der Waals surface area contributed by atoms with E-state index in [9.17, 15) is 9.59 Å². The Bertz CT molecular complexity index is 1200.